The summed E-state index contributed by atoms with van der Waals surface area (Å²) in [7, 11) is 0. The Morgan fingerprint density at radius 2 is 2.00 bits per heavy atom. The summed E-state index contributed by atoms with van der Waals surface area (Å²) in [6.07, 6.45) is 6.60. The smallest absolute Gasteiger partial charge is 0.122 e. The van der Waals surface area contributed by atoms with Crippen LogP contribution in [-0.4, -0.2) is 15.6 Å². The average molecular weight is 269 g/mol. The van der Waals surface area contributed by atoms with Crippen LogP contribution in [0.2, 0.25) is 0 Å². The van der Waals surface area contributed by atoms with Gasteiger partial charge in [0.05, 0.1) is 6.54 Å². The van der Waals surface area contributed by atoms with Gasteiger partial charge >= 0.3 is 0 Å². The van der Waals surface area contributed by atoms with Crippen molar-refractivity contribution in [2.24, 2.45) is 0 Å². The van der Waals surface area contributed by atoms with Gasteiger partial charge in [0.2, 0.25) is 0 Å². The molecule has 1 aromatic carbocycles. The minimum atomic E-state index is 0.593. The van der Waals surface area contributed by atoms with Crippen molar-refractivity contribution in [2.45, 2.75) is 51.7 Å². The molecule has 0 radical (unpaired) electrons. The normalized spacial score (nSPS) is 14.9. The Balaban J connectivity index is 1.65. The van der Waals surface area contributed by atoms with E-state index in [9.17, 15) is 0 Å². The van der Waals surface area contributed by atoms with Gasteiger partial charge in [0.25, 0.3) is 0 Å². The van der Waals surface area contributed by atoms with E-state index in [-0.39, 0.29) is 0 Å². The third kappa shape index (κ3) is 3.28. The van der Waals surface area contributed by atoms with E-state index in [1.807, 2.05) is 6.20 Å². The quantitative estimate of drug-likeness (QED) is 0.872. The molecular formula is C17H23N3. The molecule has 106 valence electrons. The summed E-state index contributed by atoms with van der Waals surface area (Å²) in [6, 6.07) is 9.66. The molecule has 0 atom stereocenters. The van der Waals surface area contributed by atoms with Crippen molar-refractivity contribution in [1.82, 2.24) is 14.9 Å². The highest BCUT2D eigenvalue weighted by atomic mass is 15.1. The maximum atomic E-state index is 4.46. The summed E-state index contributed by atoms with van der Waals surface area (Å²) in [5.74, 6) is 1.72. The number of rotatable bonds is 6. The first-order valence-electron chi connectivity index (χ1n) is 7.54. The number of aromatic nitrogens is 2. The Kier molecular flexibility index (Phi) is 3.88. The first kappa shape index (κ1) is 13.4. The lowest BCUT2D eigenvalue weighted by Gasteiger charge is -2.10. The van der Waals surface area contributed by atoms with Crippen molar-refractivity contribution < 1.29 is 0 Å². The summed E-state index contributed by atoms with van der Waals surface area (Å²) in [6.45, 7) is 6.24. The fourth-order valence-corrected chi connectivity index (χ4v) is 2.38. The summed E-state index contributed by atoms with van der Waals surface area (Å²) >= 11 is 0. The minimum absolute atomic E-state index is 0.593. The standard InChI is InChI=1S/C17H23N3/c1-13(2)15-5-3-14(4-6-15)12-20-10-9-18-17(20)11-19-16-7-8-16/h3-6,9-10,13,16,19H,7-8,11-12H2,1-2H3. The van der Waals surface area contributed by atoms with Gasteiger partial charge < -0.3 is 9.88 Å². The largest absolute Gasteiger partial charge is 0.329 e. The lowest BCUT2D eigenvalue weighted by atomic mass is 10.0. The molecule has 1 aliphatic rings. The van der Waals surface area contributed by atoms with Crippen LogP contribution in [-0.2, 0) is 13.1 Å². The van der Waals surface area contributed by atoms with Crippen LogP contribution >= 0.6 is 0 Å². The van der Waals surface area contributed by atoms with E-state index in [1.165, 1.54) is 24.0 Å². The first-order valence-corrected chi connectivity index (χ1v) is 7.54. The molecule has 20 heavy (non-hydrogen) atoms. The number of benzene rings is 1. The van der Waals surface area contributed by atoms with Gasteiger partial charge in [0, 0.05) is 25.0 Å². The van der Waals surface area contributed by atoms with Crippen molar-refractivity contribution in [3.8, 4) is 0 Å². The van der Waals surface area contributed by atoms with Crippen LogP contribution in [0.25, 0.3) is 0 Å². The van der Waals surface area contributed by atoms with Crippen LogP contribution in [0.4, 0.5) is 0 Å². The van der Waals surface area contributed by atoms with Gasteiger partial charge in [0.15, 0.2) is 0 Å². The van der Waals surface area contributed by atoms with Crippen LogP contribution < -0.4 is 5.32 Å². The molecule has 0 aliphatic heterocycles. The molecule has 2 aromatic rings. The Morgan fingerprint density at radius 1 is 1.25 bits per heavy atom. The van der Waals surface area contributed by atoms with Crippen molar-refractivity contribution >= 4 is 0 Å². The molecular weight excluding hydrogens is 246 g/mol. The predicted molar refractivity (Wildman–Crippen MR) is 81.7 cm³/mol. The molecule has 1 heterocycles. The van der Waals surface area contributed by atoms with Crippen LogP contribution in [0, 0.1) is 0 Å². The molecule has 3 rings (SSSR count). The molecule has 1 fully saturated rings. The number of hydrogen-bond acceptors (Lipinski definition) is 2. The summed E-state index contributed by atoms with van der Waals surface area (Å²) in [5, 5.41) is 3.53. The molecule has 1 N–H and O–H groups in total. The van der Waals surface area contributed by atoms with Gasteiger partial charge in [-0.3, -0.25) is 0 Å². The maximum Gasteiger partial charge on any atom is 0.122 e. The topological polar surface area (TPSA) is 29.9 Å². The van der Waals surface area contributed by atoms with Crippen molar-refractivity contribution in [3.63, 3.8) is 0 Å². The minimum Gasteiger partial charge on any atom is -0.329 e. The van der Waals surface area contributed by atoms with Crippen LogP contribution in [0.15, 0.2) is 36.7 Å². The Morgan fingerprint density at radius 3 is 2.65 bits per heavy atom. The van der Waals surface area contributed by atoms with E-state index in [1.54, 1.807) is 0 Å². The second-order valence-corrected chi connectivity index (χ2v) is 6.02. The average Bonchev–Trinajstić information content (AvgIpc) is 3.18. The van der Waals surface area contributed by atoms with Crippen LogP contribution in [0.3, 0.4) is 0 Å². The number of imidazole rings is 1. The summed E-state index contributed by atoms with van der Waals surface area (Å²) in [5.41, 5.74) is 2.73. The Hall–Kier alpha value is -1.61. The number of hydrogen-bond donors (Lipinski definition) is 1. The molecule has 0 bridgehead atoms. The molecule has 0 saturated heterocycles. The highest BCUT2D eigenvalue weighted by Crippen LogP contribution is 2.19. The number of nitrogens with zero attached hydrogens (tertiary/aromatic N) is 2. The molecule has 3 heteroatoms. The third-order valence-electron chi connectivity index (χ3n) is 3.93. The molecule has 0 spiro atoms. The zero-order valence-corrected chi connectivity index (χ0v) is 12.3. The molecule has 0 amide bonds. The molecule has 0 unspecified atom stereocenters. The second kappa shape index (κ2) is 5.80. The monoisotopic (exact) mass is 269 g/mol. The first-order chi connectivity index (χ1) is 9.72. The van der Waals surface area contributed by atoms with E-state index in [0.717, 1.165) is 25.0 Å². The highest BCUT2D eigenvalue weighted by Gasteiger charge is 2.20. The SMILES string of the molecule is CC(C)c1ccc(Cn2ccnc2CNC2CC2)cc1. The number of nitrogens with one attached hydrogen (secondary N) is 1. The molecule has 3 nitrogen and oxygen atoms in total. The van der Waals surface area contributed by atoms with E-state index >= 15 is 0 Å². The predicted octanol–water partition coefficient (Wildman–Crippen LogP) is 3.31. The molecule has 1 aliphatic carbocycles. The van der Waals surface area contributed by atoms with Crippen LogP contribution in [0.1, 0.15) is 49.6 Å². The van der Waals surface area contributed by atoms with Gasteiger partial charge in [-0.25, -0.2) is 4.98 Å². The van der Waals surface area contributed by atoms with Crippen molar-refractivity contribution in [3.05, 3.63) is 53.6 Å². The Labute approximate surface area is 121 Å². The summed E-state index contributed by atoms with van der Waals surface area (Å²) in [4.78, 5) is 4.46. The van der Waals surface area contributed by atoms with E-state index in [4.69, 9.17) is 0 Å². The summed E-state index contributed by atoms with van der Waals surface area (Å²) < 4.78 is 2.24. The Bertz CT molecular complexity index is 550. The lowest BCUT2D eigenvalue weighted by Crippen LogP contribution is -2.19. The zero-order chi connectivity index (χ0) is 13.9. The van der Waals surface area contributed by atoms with Gasteiger partial charge in [-0.1, -0.05) is 38.1 Å². The van der Waals surface area contributed by atoms with Gasteiger partial charge in [-0.15, -0.1) is 0 Å². The van der Waals surface area contributed by atoms with Crippen molar-refractivity contribution in [1.29, 1.82) is 0 Å². The van der Waals surface area contributed by atoms with Gasteiger partial charge in [-0.05, 0) is 29.9 Å². The van der Waals surface area contributed by atoms with E-state index in [0.29, 0.717) is 5.92 Å². The van der Waals surface area contributed by atoms with Gasteiger partial charge in [0.1, 0.15) is 5.82 Å². The van der Waals surface area contributed by atoms with Gasteiger partial charge in [-0.2, -0.15) is 0 Å². The molecule has 1 aromatic heterocycles. The fourth-order valence-electron chi connectivity index (χ4n) is 2.38. The zero-order valence-electron chi connectivity index (χ0n) is 12.3. The van der Waals surface area contributed by atoms with Crippen LogP contribution in [0.5, 0.6) is 0 Å². The van der Waals surface area contributed by atoms with E-state index < -0.39 is 0 Å². The fraction of sp³-hybridized carbons (Fsp3) is 0.471. The van der Waals surface area contributed by atoms with E-state index in [2.05, 4.69) is 59.2 Å². The maximum absolute atomic E-state index is 4.46. The second-order valence-electron chi connectivity index (χ2n) is 6.02. The third-order valence-corrected chi connectivity index (χ3v) is 3.93. The van der Waals surface area contributed by atoms with Crippen molar-refractivity contribution in [2.75, 3.05) is 0 Å². The molecule has 1 saturated carbocycles. The highest BCUT2D eigenvalue weighted by molar-refractivity contribution is 5.25. The lowest BCUT2D eigenvalue weighted by molar-refractivity contribution is 0.618.